The summed E-state index contributed by atoms with van der Waals surface area (Å²) in [5.74, 6) is -0.169. The highest BCUT2D eigenvalue weighted by Gasteiger charge is 2.16. The Hall–Kier alpha value is -2.00. The molecule has 2 aromatic rings. The lowest BCUT2D eigenvalue weighted by Crippen LogP contribution is -2.13. The first kappa shape index (κ1) is 15.4. The van der Waals surface area contributed by atoms with Crippen molar-refractivity contribution in [3.63, 3.8) is 0 Å². The number of hydrogen-bond acceptors (Lipinski definition) is 5. The van der Waals surface area contributed by atoms with E-state index in [-0.39, 0.29) is 21.6 Å². The van der Waals surface area contributed by atoms with Crippen molar-refractivity contribution in [2.45, 2.75) is 11.5 Å². The summed E-state index contributed by atoms with van der Waals surface area (Å²) >= 11 is 5.47. The summed E-state index contributed by atoms with van der Waals surface area (Å²) < 4.78 is 54.6. The average Bonchev–Trinajstić information content (AvgIpc) is 2.38. The third-order valence-corrected chi connectivity index (χ3v) is 3.75. The van der Waals surface area contributed by atoms with E-state index in [1.54, 1.807) is 0 Å². The number of rotatable bonds is 5. The minimum Gasteiger partial charge on any atom is -0.435 e. The van der Waals surface area contributed by atoms with E-state index in [0.717, 1.165) is 18.5 Å². The van der Waals surface area contributed by atoms with Crippen LogP contribution in [-0.4, -0.2) is 25.0 Å². The molecule has 0 fully saturated rings. The van der Waals surface area contributed by atoms with E-state index < -0.39 is 16.6 Å². The highest BCUT2D eigenvalue weighted by molar-refractivity contribution is 7.92. The molecule has 21 heavy (non-hydrogen) atoms. The molecule has 0 saturated heterocycles. The largest absolute Gasteiger partial charge is 0.435 e. The number of halogens is 3. The van der Waals surface area contributed by atoms with E-state index in [0.29, 0.717) is 0 Å². The van der Waals surface area contributed by atoms with Crippen molar-refractivity contribution in [2.24, 2.45) is 0 Å². The molecule has 1 heterocycles. The van der Waals surface area contributed by atoms with Gasteiger partial charge in [-0.3, -0.25) is 4.72 Å². The summed E-state index contributed by atoms with van der Waals surface area (Å²) in [6.45, 7) is -3.00. The van der Waals surface area contributed by atoms with Crippen molar-refractivity contribution < 1.29 is 21.9 Å². The predicted octanol–water partition coefficient (Wildman–Crippen LogP) is 2.53. The van der Waals surface area contributed by atoms with Crippen molar-refractivity contribution in [3.8, 4) is 5.75 Å². The van der Waals surface area contributed by atoms with Crippen LogP contribution in [-0.2, 0) is 10.0 Å². The molecule has 112 valence electrons. The molecule has 0 atom stereocenters. The Morgan fingerprint density at radius 2 is 1.90 bits per heavy atom. The molecule has 0 spiro atoms. The maximum Gasteiger partial charge on any atom is 0.387 e. The van der Waals surface area contributed by atoms with Gasteiger partial charge in [0.05, 0.1) is 18.1 Å². The van der Waals surface area contributed by atoms with Crippen molar-refractivity contribution in [3.05, 3.63) is 41.9 Å². The van der Waals surface area contributed by atoms with Gasteiger partial charge < -0.3 is 4.74 Å². The molecule has 10 heteroatoms. The van der Waals surface area contributed by atoms with Crippen molar-refractivity contribution in [1.29, 1.82) is 0 Å². The number of hydrogen-bond donors (Lipinski definition) is 1. The van der Waals surface area contributed by atoms with Crippen molar-refractivity contribution >= 4 is 27.3 Å². The zero-order valence-corrected chi connectivity index (χ0v) is 11.8. The molecule has 0 amide bonds. The summed E-state index contributed by atoms with van der Waals surface area (Å²) in [4.78, 5) is 6.89. The lowest BCUT2D eigenvalue weighted by atomic mass is 10.3. The summed E-state index contributed by atoms with van der Waals surface area (Å²) in [6.07, 6.45) is 2.05. The van der Waals surface area contributed by atoms with E-state index in [4.69, 9.17) is 11.6 Å². The second-order valence-corrected chi connectivity index (χ2v) is 5.72. The molecule has 0 aliphatic heterocycles. The van der Waals surface area contributed by atoms with Crippen molar-refractivity contribution in [2.75, 3.05) is 4.72 Å². The molecular weight excluding hydrogens is 328 g/mol. The Bertz CT molecular complexity index is 726. The van der Waals surface area contributed by atoms with Gasteiger partial charge in [-0.05, 0) is 23.7 Å². The molecule has 0 aliphatic carbocycles. The smallest absolute Gasteiger partial charge is 0.387 e. The molecule has 1 N–H and O–H groups in total. The lowest BCUT2D eigenvalue weighted by molar-refractivity contribution is -0.0497. The third kappa shape index (κ3) is 4.23. The number of benzene rings is 1. The maximum atomic E-state index is 12.1. The summed E-state index contributed by atoms with van der Waals surface area (Å²) in [6, 6.07) is 5.15. The SMILES string of the molecule is O=S(=O)(Nc1cccc(OC(F)F)c1)c1cnc(Cl)nc1. The average molecular weight is 336 g/mol. The van der Waals surface area contributed by atoms with E-state index >= 15 is 0 Å². The first-order valence-electron chi connectivity index (χ1n) is 5.42. The predicted molar refractivity (Wildman–Crippen MR) is 70.9 cm³/mol. The van der Waals surface area contributed by atoms with Gasteiger partial charge in [-0.1, -0.05) is 6.07 Å². The molecule has 0 radical (unpaired) electrons. The van der Waals surface area contributed by atoms with Gasteiger partial charge in [0.1, 0.15) is 10.6 Å². The quantitative estimate of drug-likeness (QED) is 0.849. The van der Waals surface area contributed by atoms with Crippen LogP contribution in [0.4, 0.5) is 14.5 Å². The first-order chi connectivity index (χ1) is 9.87. The molecule has 0 bridgehead atoms. The zero-order chi connectivity index (χ0) is 15.5. The number of ether oxygens (including phenoxy) is 1. The molecule has 0 unspecified atom stereocenters. The molecule has 1 aromatic carbocycles. The molecule has 6 nitrogen and oxygen atoms in total. The third-order valence-electron chi connectivity index (χ3n) is 2.22. The second kappa shape index (κ2) is 6.19. The maximum absolute atomic E-state index is 12.1. The summed E-state index contributed by atoms with van der Waals surface area (Å²) in [7, 11) is -3.95. The summed E-state index contributed by atoms with van der Waals surface area (Å²) in [5.41, 5.74) is 0.0584. The fourth-order valence-corrected chi connectivity index (χ4v) is 2.42. The number of alkyl halides is 2. The molecule has 0 aliphatic rings. The highest BCUT2D eigenvalue weighted by Crippen LogP contribution is 2.21. The van der Waals surface area contributed by atoms with Crippen LogP contribution in [0.1, 0.15) is 0 Å². The first-order valence-corrected chi connectivity index (χ1v) is 7.28. The Labute approximate surface area is 123 Å². The van der Waals surface area contributed by atoms with Crippen LogP contribution < -0.4 is 9.46 Å². The van der Waals surface area contributed by atoms with Crippen LogP contribution in [0.15, 0.2) is 41.6 Å². The lowest BCUT2D eigenvalue weighted by Gasteiger charge is -2.09. The zero-order valence-electron chi connectivity index (χ0n) is 10.2. The number of sulfonamides is 1. The van der Waals surface area contributed by atoms with E-state index in [1.165, 1.54) is 18.2 Å². The van der Waals surface area contributed by atoms with Gasteiger partial charge in [-0.2, -0.15) is 8.78 Å². The monoisotopic (exact) mass is 335 g/mol. The van der Waals surface area contributed by atoms with Gasteiger partial charge in [0, 0.05) is 6.07 Å². The number of aromatic nitrogens is 2. The van der Waals surface area contributed by atoms with Crippen LogP contribution >= 0.6 is 11.6 Å². The fraction of sp³-hybridized carbons (Fsp3) is 0.0909. The topological polar surface area (TPSA) is 81.2 Å². The normalized spacial score (nSPS) is 11.4. The highest BCUT2D eigenvalue weighted by atomic mass is 35.5. The van der Waals surface area contributed by atoms with Gasteiger partial charge >= 0.3 is 6.61 Å². The van der Waals surface area contributed by atoms with Gasteiger partial charge in [0.15, 0.2) is 0 Å². The van der Waals surface area contributed by atoms with Gasteiger partial charge in [-0.25, -0.2) is 18.4 Å². The Morgan fingerprint density at radius 3 is 2.52 bits per heavy atom. The van der Waals surface area contributed by atoms with Crippen LogP contribution in [0.5, 0.6) is 5.75 Å². The summed E-state index contributed by atoms with van der Waals surface area (Å²) in [5, 5.41) is -0.0960. The number of anilines is 1. The van der Waals surface area contributed by atoms with E-state index in [9.17, 15) is 17.2 Å². The van der Waals surface area contributed by atoms with Gasteiger partial charge in [0.25, 0.3) is 10.0 Å². The molecule has 0 saturated carbocycles. The van der Waals surface area contributed by atoms with Crippen molar-refractivity contribution in [1.82, 2.24) is 9.97 Å². The molecule has 1 aromatic heterocycles. The standard InChI is InChI=1S/C11H8ClF2N3O3S/c12-10-15-5-9(6-16-10)21(18,19)17-7-2-1-3-8(4-7)20-11(13)14/h1-6,11,17H. The minimum atomic E-state index is -3.95. The number of nitrogens with one attached hydrogen (secondary N) is 1. The Kier molecular flexibility index (Phi) is 4.53. The minimum absolute atomic E-state index is 0.0584. The van der Waals surface area contributed by atoms with Gasteiger partial charge in [0.2, 0.25) is 5.28 Å². The van der Waals surface area contributed by atoms with Crippen LogP contribution in [0, 0.1) is 0 Å². The van der Waals surface area contributed by atoms with Crippen LogP contribution in [0.2, 0.25) is 5.28 Å². The molecular formula is C11H8ClF2N3O3S. The van der Waals surface area contributed by atoms with E-state index in [1.807, 2.05) is 0 Å². The van der Waals surface area contributed by atoms with Crippen LogP contribution in [0.3, 0.4) is 0 Å². The molecule has 2 rings (SSSR count). The Balaban J connectivity index is 2.22. The fourth-order valence-electron chi connectivity index (χ4n) is 1.39. The van der Waals surface area contributed by atoms with E-state index in [2.05, 4.69) is 19.4 Å². The second-order valence-electron chi connectivity index (χ2n) is 3.70. The van der Waals surface area contributed by atoms with Gasteiger partial charge in [-0.15, -0.1) is 0 Å². The Morgan fingerprint density at radius 1 is 1.24 bits per heavy atom. The van der Waals surface area contributed by atoms with Crippen LogP contribution in [0.25, 0.3) is 0 Å². The number of nitrogens with zero attached hydrogens (tertiary/aromatic N) is 2.